The highest BCUT2D eigenvalue weighted by Crippen LogP contribution is 2.17. The second-order valence-electron chi connectivity index (χ2n) is 6.36. The zero-order valence-corrected chi connectivity index (χ0v) is 15.4. The van der Waals surface area contributed by atoms with E-state index in [0.717, 1.165) is 0 Å². The first kappa shape index (κ1) is 20.8. The highest BCUT2D eigenvalue weighted by Gasteiger charge is 2.21. The Balaban J connectivity index is 2.69. The van der Waals surface area contributed by atoms with Gasteiger partial charge in [0, 0.05) is 17.6 Å². The summed E-state index contributed by atoms with van der Waals surface area (Å²) in [5.41, 5.74) is 0.0858. The predicted molar refractivity (Wildman–Crippen MR) is 97.2 cm³/mol. The van der Waals surface area contributed by atoms with Gasteiger partial charge in [-0.1, -0.05) is 13.0 Å². The lowest BCUT2D eigenvalue weighted by Crippen LogP contribution is -2.45. The average Bonchev–Trinajstić information content (AvgIpc) is 2.44. The molecule has 9 heteroatoms. The fourth-order valence-corrected chi connectivity index (χ4v) is 3.24. The molecule has 0 unspecified atom stereocenters. The standard InChI is InChI=1S/C16H25N3O5S/c1-4-10-25(23,24)19-13-7-5-6-12(11-13)17-15(22)18-16(2,3)9-8-14(20)21/h5-7,11,19H,4,8-10H2,1-3H3,(H,20,21)(H2,17,18,22). The van der Waals surface area contributed by atoms with Gasteiger partial charge in [0.15, 0.2) is 0 Å². The lowest BCUT2D eigenvalue weighted by Gasteiger charge is -2.25. The molecule has 0 heterocycles. The predicted octanol–water partition coefficient (Wildman–Crippen LogP) is 2.60. The van der Waals surface area contributed by atoms with Gasteiger partial charge in [0.05, 0.1) is 11.4 Å². The number of hydrogen-bond donors (Lipinski definition) is 4. The van der Waals surface area contributed by atoms with Gasteiger partial charge in [-0.3, -0.25) is 9.52 Å². The fraction of sp³-hybridized carbons (Fsp3) is 0.500. The summed E-state index contributed by atoms with van der Waals surface area (Å²) < 4.78 is 26.0. The van der Waals surface area contributed by atoms with Crippen molar-refractivity contribution in [3.8, 4) is 0 Å². The molecule has 0 aliphatic rings. The quantitative estimate of drug-likeness (QED) is 0.531. The van der Waals surface area contributed by atoms with Crippen LogP contribution in [0.5, 0.6) is 0 Å². The van der Waals surface area contributed by atoms with E-state index in [1.54, 1.807) is 39.0 Å². The van der Waals surface area contributed by atoms with Crippen LogP contribution in [0.15, 0.2) is 24.3 Å². The maximum Gasteiger partial charge on any atom is 0.319 e. The summed E-state index contributed by atoms with van der Waals surface area (Å²) in [5.74, 6) is -0.912. The van der Waals surface area contributed by atoms with Gasteiger partial charge in [-0.2, -0.15) is 0 Å². The van der Waals surface area contributed by atoms with Crippen molar-refractivity contribution >= 4 is 33.4 Å². The van der Waals surface area contributed by atoms with Crippen LogP contribution < -0.4 is 15.4 Å². The van der Waals surface area contributed by atoms with Crippen molar-refractivity contribution in [2.75, 3.05) is 15.8 Å². The van der Waals surface area contributed by atoms with Crippen LogP contribution in [0.4, 0.5) is 16.2 Å². The minimum Gasteiger partial charge on any atom is -0.481 e. The maximum absolute atomic E-state index is 12.1. The molecule has 0 saturated heterocycles. The fourth-order valence-electron chi connectivity index (χ4n) is 2.11. The van der Waals surface area contributed by atoms with E-state index in [1.807, 2.05) is 0 Å². The van der Waals surface area contributed by atoms with Crippen molar-refractivity contribution in [3.63, 3.8) is 0 Å². The molecule has 1 aromatic rings. The molecule has 0 aromatic heterocycles. The summed E-state index contributed by atoms with van der Waals surface area (Å²) in [7, 11) is -3.41. The number of rotatable bonds is 9. The number of urea groups is 1. The first-order chi connectivity index (χ1) is 11.5. The molecule has 1 rings (SSSR count). The number of aliphatic carboxylic acids is 1. The van der Waals surface area contributed by atoms with Gasteiger partial charge in [-0.15, -0.1) is 0 Å². The van der Waals surface area contributed by atoms with Crippen LogP contribution in [0.1, 0.15) is 40.0 Å². The summed E-state index contributed by atoms with van der Waals surface area (Å²) >= 11 is 0. The maximum atomic E-state index is 12.1. The van der Waals surface area contributed by atoms with Crippen molar-refractivity contribution in [3.05, 3.63) is 24.3 Å². The molecule has 0 saturated carbocycles. The lowest BCUT2D eigenvalue weighted by molar-refractivity contribution is -0.137. The normalized spacial score (nSPS) is 11.6. The van der Waals surface area contributed by atoms with Crippen molar-refractivity contribution in [2.45, 2.75) is 45.6 Å². The van der Waals surface area contributed by atoms with E-state index in [1.165, 1.54) is 6.07 Å². The Kier molecular flexibility index (Phi) is 7.22. The smallest absolute Gasteiger partial charge is 0.319 e. The molecule has 0 radical (unpaired) electrons. The number of anilines is 2. The van der Waals surface area contributed by atoms with Crippen molar-refractivity contribution in [1.82, 2.24) is 5.32 Å². The summed E-state index contributed by atoms with van der Waals surface area (Å²) in [4.78, 5) is 22.7. The molecule has 0 spiro atoms. The van der Waals surface area contributed by atoms with Crippen LogP contribution in [0.25, 0.3) is 0 Å². The molecule has 0 aliphatic carbocycles. The summed E-state index contributed by atoms with van der Waals surface area (Å²) in [5, 5.41) is 14.0. The number of sulfonamides is 1. The van der Waals surface area contributed by atoms with Crippen molar-refractivity contribution in [2.24, 2.45) is 0 Å². The molecule has 0 bridgehead atoms. The van der Waals surface area contributed by atoms with E-state index < -0.39 is 27.6 Å². The Morgan fingerprint density at radius 3 is 2.44 bits per heavy atom. The van der Waals surface area contributed by atoms with Gasteiger partial charge >= 0.3 is 12.0 Å². The highest BCUT2D eigenvalue weighted by atomic mass is 32.2. The summed E-state index contributed by atoms with van der Waals surface area (Å²) in [6, 6.07) is 5.85. The van der Waals surface area contributed by atoms with Gasteiger partial charge in [0.2, 0.25) is 10.0 Å². The third kappa shape index (κ3) is 8.39. The van der Waals surface area contributed by atoms with Gasteiger partial charge < -0.3 is 15.7 Å². The molecule has 0 fully saturated rings. The molecule has 0 aliphatic heterocycles. The Hall–Kier alpha value is -2.29. The van der Waals surface area contributed by atoms with Gasteiger partial charge in [-0.25, -0.2) is 13.2 Å². The summed E-state index contributed by atoms with van der Waals surface area (Å²) in [6.45, 7) is 5.23. The molecular weight excluding hydrogens is 346 g/mol. The zero-order valence-electron chi connectivity index (χ0n) is 14.6. The zero-order chi connectivity index (χ0) is 19.1. The molecule has 4 N–H and O–H groups in total. The molecule has 25 heavy (non-hydrogen) atoms. The number of carbonyl (C=O) groups is 2. The topological polar surface area (TPSA) is 125 Å². The molecule has 1 aromatic carbocycles. The second-order valence-corrected chi connectivity index (χ2v) is 8.20. The number of nitrogens with one attached hydrogen (secondary N) is 3. The molecule has 2 amide bonds. The van der Waals surface area contributed by atoms with E-state index in [9.17, 15) is 18.0 Å². The van der Waals surface area contributed by atoms with E-state index >= 15 is 0 Å². The monoisotopic (exact) mass is 371 g/mol. The minimum absolute atomic E-state index is 0.0168. The van der Waals surface area contributed by atoms with E-state index in [4.69, 9.17) is 5.11 Å². The Morgan fingerprint density at radius 2 is 1.84 bits per heavy atom. The minimum atomic E-state index is -3.41. The van der Waals surface area contributed by atoms with Crippen LogP contribution in [0.3, 0.4) is 0 Å². The second kappa shape index (κ2) is 8.70. The van der Waals surface area contributed by atoms with Gasteiger partial charge in [0.1, 0.15) is 0 Å². The van der Waals surface area contributed by atoms with Crippen LogP contribution in [-0.2, 0) is 14.8 Å². The van der Waals surface area contributed by atoms with E-state index in [0.29, 0.717) is 17.8 Å². The van der Waals surface area contributed by atoms with Gasteiger partial charge in [0.25, 0.3) is 0 Å². The first-order valence-electron chi connectivity index (χ1n) is 7.94. The van der Waals surface area contributed by atoms with Crippen LogP contribution in [-0.4, -0.2) is 36.8 Å². The SMILES string of the molecule is CCCS(=O)(=O)Nc1cccc(NC(=O)NC(C)(C)CCC(=O)O)c1. The molecular formula is C16H25N3O5S. The molecule has 140 valence electrons. The molecule has 8 nitrogen and oxygen atoms in total. The number of hydrogen-bond acceptors (Lipinski definition) is 4. The van der Waals surface area contributed by atoms with Crippen molar-refractivity contribution in [1.29, 1.82) is 0 Å². The third-order valence-corrected chi connectivity index (χ3v) is 4.77. The Bertz CT molecular complexity index is 716. The van der Waals surface area contributed by atoms with Crippen LogP contribution in [0, 0.1) is 0 Å². The Labute approximate surface area is 148 Å². The van der Waals surface area contributed by atoms with E-state index in [2.05, 4.69) is 15.4 Å². The first-order valence-corrected chi connectivity index (χ1v) is 9.60. The van der Waals surface area contributed by atoms with Gasteiger partial charge in [-0.05, 0) is 44.9 Å². The number of benzene rings is 1. The number of amides is 2. The number of carbonyl (C=O) groups excluding carboxylic acids is 1. The van der Waals surface area contributed by atoms with Crippen LogP contribution in [0.2, 0.25) is 0 Å². The number of carboxylic acid groups (broad SMARTS) is 1. The lowest BCUT2D eigenvalue weighted by atomic mass is 9.99. The summed E-state index contributed by atoms with van der Waals surface area (Å²) in [6.07, 6.45) is 0.732. The average molecular weight is 371 g/mol. The third-order valence-electron chi connectivity index (χ3n) is 3.28. The largest absolute Gasteiger partial charge is 0.481 e. The van der Waals surface area contributed by atoms with Crippen molar-refractivity contribution < 1.29 is 23.1 Å². The van der Waals surface area contributed by atoms with E-state index in [-0.39, 0.29) is 18.6 Å². The van der Waals surface area contributed by atoms with Crippen LogP contribution >= 0.6 is 0 Å². The number of carboxylic acids is 1. The highest BCUT2D eigenvalue weighted by molar-refractivity contribution is 7.92. The molecule has 0 atom stereocenters. The Morgan fingerprint density at radius 1 is 1.20 bits per heavy atom.